The number of ether oxygens (including phenoxy) is 2. The number of carbonyl (C=O) groups excluding carboxylic acids is 2. The summed E-state index contributed by atoms with van der Waals surface area (Å²) in [6, 6.07) is 0. The van der Waals surface area contributed by atoms with E-state index in [1.807, 2.05) is 13.0 Å². The molecule has 0 aromatic carbocycles. The van der Waals surface area contributed by atoms with Crippen LogP contribution in [0.4, 0.5) is 0 Å². The summed E-state index contributed by atoms with van der Waals surface area (Å²) in [5.41, 5.74) is -1.12. The fourth-order valence-electron chi connectivity index (χ4n) is 8.04. The molecule has 0 amide bonds. The number of Topliss-reactive ketones (excluding diaryl/α,β-unsaturated/α-hetero) is 1. The van der Waals surface area contributed by atoms with Crippen molar-refractivity contribution in [3.8, 4) is 0 Å². The maximum absolute atomic E-state index is 13.2. The van der Waals surface area contributed by atoms with E-state index < -0.39 is 35.6 Å². The van der Waals surface area contributed by atoms with E-state index in [9.17, 15) is 19.8 Å². The van der Waals surface area contributed by atoms with E-state index in [4.69, 9.17) is 9.47 Å². The number of hydrogen-bond donors (Lipinski definition) is 2. The fraction of sp³-hybridized carbons (Fsp3) is 0.750. The summed E-state index contributed by atoms with van der Waals surface area (Å²) in [5, 5.41) is 21.3. The Balaban J connectivity index is 1.59. The molecule has 1 saturated heterocycles. The van der Waals surface area contributed by atoms with Crippen LogP contribution in [0.15, 0.2) is 23.8 Å². The highest BCUT2D eigenvalue weighted by Crippen LogP contribution is 2.70. The van der Waals surface area contributed by atoms with Crippen molar-refractivity contribution in [3.63, 3.8) is 0 Å². The number of aliphatic hydroxyl groups is 2. The second kappa shape index (κ2) is 6.12. The monoisotopic (exact) mass is 416 g/mol. The second-order valence-corrected chi connectivity index (χ2v) is 10.9. The van der Waals surface area contributed by atoms with Crippen LogP contribution in [-0.4, -0.2) is 52.0 Å². The Morgan fingerprint density at radius 1 is 1.27 bits per heavy atom. The molecule has 30 heavy (non-hydrogen) atoms. The number of fused-ring (bicyclic) bond motifs is 7. The van der Waals surface area contributed by atoms with E-state index in [2.05, 4.69) is 6.92 Å². The zero-order chi connectivity index (χ0) is 21.7. The van der Waals surface area contributed by atoms with Gasteiger partial charge in [0.05, 0.1) is 12.2 Å². The molecular weight excluding hydrogens is 384 g/mol. The van der Waals surface area contributed by atoms with Crippen LogP contribution < -0.4 is 0 Å². The van der Waals surface area contributed by atoms with E-state index in [-0.39, 0.29) is 34.7 Å². The van der Waals surface area contributed by atoms with Crippen molar-refractivity contribution < 1.29 is 29.3 Å². The number of carbonyl (C=O) groups is 2. The molecule has 4 aliphatic carbocycles. The van der Waals surface area contributed by atoms with Gasteiger partial charge < -0.3 is 19.7 Å². The molecule has 0 bridgehead atoms. The summed E-state index contributed by atoms with van der Waals surface area (Å²) in [7, 11) is 0. The molecule has 6 nitrogen and oxygen atoms in total. The van der Waals surface area contributed by atoms with Gasteiger partial charge in [-0.3, -0.25) is 9.59 Å². The third kappa shape index (κ3) is 2.34. The van der Waals surface area contributed by atoms with Crippen molar-refractivity contribution in [1.29, 1.82) is 0 Å². The maximum Gasteiger partial charge on any atom is 0.193 e. The summed E-state index contributed by atoms with van der Waals surface area (Å²) in [4.78, 5) is 25.1. The summed E-state index contributed by atoms with van der Waals surface area (Å²) in [6.07, 6.45) is 7.04. The van der Waals surface area contributed by atoms with Crippen LogP contribution in [0.2, 0.25) is 0 Å². The van der Waals surface area contributed by atoms with Gasteiger partial charge in [0.25, 0.3) is 0 Å². The molecule has 164 valence electrons. The minimum Gasteiger partial charge on any atom is -0.393 e. The van der Waals surface area contributed by atoms with E-state index in [1.54, 1.807) is 26.0 Å². The average Bonchev–Trinajstić information content (AvgIpc) is 3.07. The van der Waals surface area contributed by atoms with Crippen molar-refractivity contribution in [1.82, 2.24) is 0 Å². The van der Waals surface area contributed by atoms with Crippen LogP contribution in [-0.2, 0) is 19.1 Å². The van der Waals surface area contributed by atoms with Gasteiger partial charge in [-0.25, -0.2) is 0 Å². The lowest BCUT2D eigenvalue weighted by Crippen LogP contribution is -2.63. The second-order valence-electron chi connectivity index (χ2n) is 10.9. The Morgan fingerprint density at radius 3 is 2.70 bits per heavy atom. The molecule has 8 atom stereocenters. The number of allylic oxidation sites excluding steroid dienone is 4. The normalized spacial score (nSPS) is 50.9. The summed E-state index contributed by atoms with van der Waals surface area (Å²) in [6.45, 7) is 7.19. The molecule has 6 heteroatoms. The molecule has 5 aliphatic rings. The zero-order valence-electron chi connectivity index (χ0n) is 18.2. The van der Waals surface area contributed by atoms with Gasteiger partial charge in [-0.05, 0) is 63.5 Å². The third-order valence-electron chi connectivity index (χ3n) is 9.05. The van der Waals surface area contributed by atoms with Gasteiger partial charge in [0.2, 0.25) is 0 Å². The largest absolute Gasteiger partial charge is 0.393 e. The van der Waals surface area contributed by atoms with Crippen LogP contribution in [0.3, 0.4) is 0 Å². The summed E-state index contributed by atoms with van der Waals surface area (Å²) < 4.78 is 12.6. The average molecular weight is 417 g/mol. The maximum atomic E-state index is 13.2. The molecule has 4 fully saturated rings. The van der Waals surface area contributed by atoms with Crippen LogP contribution in [0, 0.1) is 28.6 Å². The summed E-state index contributed by atoms with van der Waals surface area (Å²) >= 11 is 0. The topological polar surface area (TPSA) is 93.1 Å². The van der Waals surface area contributed by atoms with Crippen molar-refractivity contribution in [2.45, 2.75) is 77.0 Å². The van der Waals surface area contributed by atoms with E-state index >= 15 is 0 Å². The minimum absolute atomic E-state index is 0.0167. The molecule has 3 saturated carbocycles. The van der Waals surface area contributed by atoms with Gasteiger partial charge in [0.15, 0.2) is 23.0 Å². The smallest absolute Gasteiger partial charge is 0.193 e. The number of hydrogen-bond acceptors (Lipinski definition) is 6. The van der Waals surface area contributed by atoms with E-state index in [0.717, 1.165) is 18.4 Å². The first-order chi connectivity index (χ1) is 14.0. The molecular formula is C24H32O6. The first-order valence-electron chi connectivity index (χ1n) is 11.1. The van der Waals surface area contributed by atoms with Crippen LogP contribution in [0.1, 0.15) is 53.4 Å². The molecule has 0 aromatic heterocycles. The molecule has 0 aromatic rings. The standard InChI is InChI=1S/C24H32O6/c1-21(2)29-19-10-16-15-6-5-13-9-14(26)7-8-22(13,3)20(15)17(27)11-23(16,4)24(19,30-21)18(28)12-25/h7-9,15-17,19-20,25,27H,5-6,10-12H2,1-4H3/t15-,16-,17+,19+,20+,22-,23+,24+/m0/s1. The first kappa shape index (κ1) is 20.6. The van der Waals surface area contributed by atoms with Gasteiger partial charge >= 0.3 is 0 Å². The molecule has 1 aliphatic heterocycles. The SMILES string of the molecule is CC1(C)O[C@@H]2C[C@H]3[C@@H]4CCC5=CC(=O)C=C[C@]5(C)[C@H]4[C@H](O)C[C@@]3(C)[C@]2(C(=O)CO)O1. The summed E-state index contributed by atoms with van der Waals surface area (Å²) in [5.74, 6) is -0.947. The Bertz CT molecular complexity index is 873. The fourth-order valence-corrected chi connectivity index (χ4v) is 8.04. The van der Waals surface area contributed by atoms with Crippen molar-refractivity contribution in [2.75, 3.05) is 6.61 Å². The van der Waals surface area contributed by atoms with Crippen LogP contribution in [0.25, 0.3) is 0 Å². The Labute approximate surface area is 177 Å². The highest BCUT2D eigenvalue weighted by molar-refractivity contribution is 6.01. The quantitative estimate of drug-likeness (QED) is 0.718. The molecule has 0 spiro atoms. The van der Waals surface area contributed by atoms with E-state index in [0.29, 0.717) is 12.8 Å². The highest BCUT2D eigenvalue weighted by Gasteiger charge is 2.76. The lowest BCUT2D eigenvalue weighted by atomic mass is 9.46. The predicted octanol–water partition coefficient (Wildman–Crippen LogP) is 2.33. The molecule has 1 heterocycles. The molecule has 5 rings (SSSR count). The molecule has 0 radical (unpaired) electrons. The van der Waals surface area contributed by atoms with Gasteiger partial charge in [0.1, 0.15) is 6.61 Å². The Morgan fingerprint density at radius 2 is 2.00 bits per heavy atom. The number of rotatable bonds is 2. The van der Waals surface area contributed by atoms with Gasteiger partial charge in [-0.1, -0.05) is 25.5 Å². The van der Waals surface area contributed by atoms with Crippen molar-refractivity contribution in [3.05, 3.63) is 23.8 Å². The first-order valence-corrected chi connectivity index (χ1v) is 11.1. The molecule has 0 unspecified atom stereocenters. The van der Waals surface area contributed by atoms with Crippen molar-refractivity contribution in [2.24, 2.45) is 28.6 Å². The molecule has 2 N–H and O–H groups in total. The number of aliphatic hydroxyl groups excluding tert-OH is 2. The Kier molecular flexibility index (Phi) is 4.20. The third-order valence-corrected chi connectivity index (χ3v) is 9.05. The van der Waals surface area contributed by atoms with Gasteiger partial charge in [-0.15, -0.1) is 0 Å². The van der Waals surface area contributed by atoms with Crippen LogP contribution >= 0.6 is 0 Å². The predicted molar refractivity (Wildman–Crippen MR) is 108 cm³/mol. The van der Waals surface area contributed by atoms with Gasteiger partial charge in [0, 0.05) is 16.7 Å². The number of ketones is 2. The van der Waals surface area contributed by atoms with E-state index in [1.165, 1.54) is 0 Å². The van der Waals surface area contributed by atoms with Crippen molar-refractivity contribution >= 4 is 11.6 Å². The highest BCUT2D eigenvalue weighted by atomic mass is 16.8. The lowest BCUT2D eigenvalue weighted by molar-refractivity contribution is -0.225. The lowest BCUT2D eigenvalue weighted by Gasteiger charge is -2.59. The van der Waals surface area contributed by atoms with Crippen LogP contribution in [0.5, 0.6) is 0 Å². The van der Waals surface area contributed by atoms with Gasteiger partial charge in [-0.2, -0.15) is 0 Å². The minimum atomic E-state index is -1.24. The zero-order valence-corrected chi connectivity index (χ0v) is 18.2. The Hall–Kier alpha value is -1.34.